The van der Waals surface area contributed by atoms with Crippen molar-refractivity contribution in [2.45, 2.75) is 59.2 Å². The molecule has 4 atom stereocenters. The number of rotatable bonds is 3. The van der Waals surface area contributed by atoms with Crippen LogP contribution in [0.5, 0.6) is 0 Å². The highest BCUT2D eigenvalue weighted by molar-refractivity contribution is 5.02. The van der Waals surface area contributed by atoms with Crippen molar-refractivity contribution in [1.29, 1.82) is 0 Å². The van der Waals surface area contributed by atoms with Gasteiger partial charge in [0.15, 0.2) is 0 Å². The molecular weight excluding hydrogens is 212 g/mol. The van der Waals surface area contributed by atoms with Gasteiger partial charge in [-0.15, -0.1) is 0 Å². The fourth-order valence-corrected chi connectivity index (χ4v) is 4.23. The molecule has 0 spiro atoms. The van der Waals surface area contributed by atoms with E-state index in [0.717, 1.165) is 19.6 Å². The first-order chi connectivity index (χ1) is 7.96. The maximum atomic E-state index is 6.46. The average molecular weight is 240 g/mol. The van der Waals surface area contributed by atoms with E-state index in [-0.39, 0.29) is 5.60 Å². The Labute approximate surface area is 106 Å². The van der Waals surface area contributed by atoms with Gasteiger partial charge in [-0.05, 0) is 31.1 Å². The zero-order valence-electron chi connectivity index (χ0n) is 12.0. The van der Waals surface area contributed by atoms with E-state index in [1.807, 2.05) is 0 Å². The maximum Gasteiger partial charge on any atom is 0.0745 e. The Morgan fingerprint density at radius 2 is 1.94 bits per heavy atom. The van der Waals surface area contributed by atoms with Crippen molar-refractivity contribution in [2.24, 2.45) is 23.7 Å². The topological polar surface area (TPSA) is 18.5 Å². The molecule has 2 heterocycles. The van der Waals surface area contributed by atoms with Crippen molar-refractivity contribution < 1.29 is 9.47 Å². The Balaban J connectivity index is 2.29. The molecule has 100 valence electrons. The summed E-state index contributed by atoms with van der Waals surface area (Å²) in [6.07, 6.45) is 2.62. The Hall–Kier alpha value is -0.0800. The van der Waals surface area contributed by atoms with Crippen LogP contribution in [0.4, 0.5) is 0 Å². The van der Waals surface area contributed by atoms with Gasteiger partial charge in [-0.1, -0.05) is 27.7 Å². The van der Waals surface area contributed by atoms with Crippen LogP contribution in [-0.4, -0.2) is 24.9 Å². The minimum Gasteiger partial charge on any atom is -0.381 e. The van der Waals surface area contributed by atoms with Crippen molar-refractivity contribution in [3.05, 3.63) is 0 Å². The van der Waals surface area contributed by atoms with Crippen molar-refractivity contribution in [1.82, 2.24) is 0 Å². The summed E-state index contributed by atoms with van der Waals surface area (Å²) in [6.45, 7) is 13.3. The van der Waals surface area contributed by atoms with E-state index >= 15 is 0 Å². The molecule has 2 aliphatic heterocycles. The van der Waals surface area contributed by atoms with Gasteiger partial charge in [-0.2, -0.15) is 0 Å². The third kappa shape index (κ3) is 2.39. The van der Waals surface area contributed by atoms with Gasteiger partial charge in [0.25, 0.3) is 0 Å². The van der Waals surface area contributed by atoms with Crippen LogP contribution < -0.4 is 0 Å². The molecule has 2 aliphatic rings. The summed E-state index contributed by atoms with van der Waals surface area (Å²) >= 11 is 0. The highest BCUT2D eigenvalue weighted by Gasteiger charge is 2.55. The van der Waals surface area contributed by atoms with Crippen LogP contribution in [0.15, 0.2) is 0 Å². The minimum absolute atomic E-state index is 0.0862. The molecule has 2 nitrogen and oxygen atoms in total. The largest absolute Gasteiger partial charge is 0.381 e. The summed E-state index contributed by atoms with van der Waals surface area (Å²) in [7, 11) is 0. The highest BCUT2D eigenvalue weighted by Crippen LogP contribution is 2.51. The molecule has 2 heteroatoms. The van der Waals surface area contributed by atoms with Crippen LogP contribution in [0.2, 0.25) is 0 Å². The quantitative estimate of drug-likeness (QED) is 0.751. The van der Waals surface area contributed by atoms with Gasteiger partial charge >= 0.3 is 0 Å². The normalized spacial score (nSPS) is 42.2. The maximum absolute atomic E-state index is 6.46. The summed E-state index contributed by atoms with van der Waals surface area (Å²) in [5, 5.41) is 0. The van der Waals surface area contributed by atoms with Gasteiger partial charge in [0.2, 0.25) is 0 Å². The summed E-state index contributed by atoms with van der Waals surface area (Å²) in [5.41, 5.74) is 0.0862. The third-order valence-corrected chi connectivity index (χ3v) is 4.54. The molecule has 2 rings (SSSR count). The second-order valence-electron chi connectivity index (χ2n) is 6.74. The van der Waals surface area contributed by atoms with Gasteiger partial charge < -0.3 is 9.47 Å². The standard InChI is InChI=1S/C15H28O2/c1-10(2)8-15-6-7-16-9-13(12(5)17-15)14(15)11(3)4/h10-14H,6-9H2,1-5H3. The van der Waals surface area contributed by atoms with Crippen LogP contribution in [0.3, 0.4) is 0 Å². The number of hydrogen-bond donors (Lipinski definition) is 0. The molecule has 0 saturated carbocycles. The third-order valence-electron chi connectivity index (χ3n) is 4.54. The zero-order valence-corrected chi connectivity index (χ0v) is 12.0. The zero-order chi connectivity index (χ0) is 12.6. The van der Waals surface area contributed by atoms with E-state index in [2.05, 4.69) is 34.6 Å². The SMILES string of the molecule is CC(C)CC12CCOCC(C(C)O1)C2C(C)C. The first-order valence-corrected chi connectivity index (χ1v) is 7.22. The fraction of sp³-hybridized carbons (Fsp3) is 1.00. The van der Waals surface area contributed by atoms with E-state index in [1.165, 1.54) is 6.42 Å². The van der Waals surface area contributed by atoms with Crippen LogP contribution in [0.1, 0.15) is 47.5 Å². The van der Waals surface area contributed by atoms with Gasteiger partial charge in [0.05, 0.1) is 18.3 Å². The summed E-state index contributed by atoms with van der Waals surface area (Å²) in [4.78, 5) is 0. The van der Waals surface area contributed by atoms with E-state index in [1.54, 1.807) is 0 Å². The Morgan fingerprint density at radius 1 is 1.24 bits per heavy atom. The number of fused-ring (bicyclic) bond motifs is 2. The molecule has 2 bridgehead atoms. The van der Waals surface area contributed by atoms with Gasteiger partial charge in [-0.25, -0.2) is 0 Å². The summed E-state index contributed by atoms with van der Waals surface area (Å²) < 4.78 is 12.3. The van der Waals surface area contributed by atoms with E-state index in [9.17, 15) is 0 Å². The molecule has 17 heavy (non-hydrogen) atoms. The fourth-order valence-electron chi connectivity index (χ4n) is 4.23. The van der Waals surface area contributed by atoms with Crippen LogP contribution >= 0.6 is 0 Å². The van der Waals surface area contributed by atoms with Crippen LogP contribution in [-0.2, 0) is 9.47 Å². The molecule has 0 aromatic heterocycles. The molecule has 0 N–H and O–H groups in total. The first-order valence-electron chi connectivity index (χ1n) is 7.22. The van der Waals surface area contributed by atoms with E-state index < -0.39 is 0 Å². The molecular formula is C15H28O2. The molecule has 0 aliphatic carbocycles. The second kappa shape index (κ2) is 4.89. The Bertz CT molecular complexity index is 258. The predicted octanol–water partition coefficient (Wildman–Crippen LogP) is 3.50. The minimum atomic E-state index is 0.0862. The van der Waals surface area contributed by atoms with E-state index in [0.29, 0.717) is 29.8 Å². The number of hydrogen-bond acceptors (Lipinski definition) is 2. The Kier molecular flexibility index (Phi) is 3.84. The lowest BCUT2D eigenvalue weighted by Crippen LogP contribution is -2.41. The lowest BCUT2D eigenvalue weighted by Gasteiger charge is -2.38. The average Bonchev–Trinajstić information content (AvgIpc) is 2.36. The summed E-state index contributed by atoms with van der Waals surface area (Å²) in [6, 6.07) is 0. The molecule has 0 radical (unpaired) electrons. The van der Waals surface area contributed by atoms with Gasteiger partial charge in [-0.3, -0.25) is 0 Å². The first kappa shape index (κ1) is 13.4. The lowest BCUT2D eigenvalue weighted by molar-refractivity contribution is -0.0954. The molecule has 4 unspecified atom stereocenters. The van der Waals surface area contributed by atoms with Gasteiger partial charge in [0.1, 0.15) is 0 Å². The number of ether oxygens (including phenoxy) is 2. The molecule has 0 aromatic carbocycles. The van der Waals surface area contributed by atoms with Crippen molar-refractivity contribution in [3.8, 4) is 0 Å². The lowest BCUT2D eigenvalue weighted by atomic mass is 9.69. The molecule has 2 fully saturated rings. The Morgan fingerprint density at radius 3 is 2.53 bits per heavy atom. The van der Waals surface area contributed by atoms with Crippen molar-refractivity contribution in [2.75, 3.05) is 13.2 Å². The predicted molar refractivity (Wildman–Crippen MR) is 70.0 cm³/mol. The summed E-state index contributed by atoms with van der Waals surface area (Å²) in [5.74, 6) is 2.64. The smallest absolute Gasteiger partial charge is 0.0745 e. The van der Waals surface area contributed by atoms with Crippen LogP contribution in [0.25, 0.3) is 0 Å². The highest BCUT2D eigenvalue weighted by atomic mass is 16.5. The van der Waals surface area contributed by atoms with E-state index in [4.69, 9.17) is 9.47 Å². The van der Waals surface area contributed by atoms with Crippen molar-refractivity contribution >= 4 is 0 Å². The monoisotopic (exact) mass is 240 g/mol. The van der Waals surface area contributed by atoms with Crippen LogP contribution in [0, 0.1) is 23.7 Å². The molecule has 0 aromatic rings. The molecule has 0 amide bonds. The van der Waals surface area contributed by atoms with Crippen molar-refractivity contribution in [3.63, 3.8) is 0 Å². The van der Waals surface area contributed by atoms with Gasteiger partial charge in [0, 0.05) is 18.9 Å². The second-order valence-corrected chi connectivity index (χ2v) is 6.74. The molecule has 2 saturated heterocycles.